The van der Waals surface area contributed by atoms with Gasteiger partial charge in [-0.3, -0.25) is 10.1 Å². The number of hydrogen-bond donors (Lipinski definition) is 4. The van der Waals surface area contributed by atoms with Crippen molar-refractivity contribution in [3.05, 3.63) is 134 Å². The predicted molar refractivity (Wildman–Crippen MR) is 158 cm³/mol. The van der Waals surface area contributed by atoms with Crippen LogP contribution in [-0.4, -0.2) is 24.9 Å². The van der Waals surface area contributed by atoms with E-state index in [2.05, 4.69) is 117 Å². The maximum absolute atomic E-state index is 11.7. The third-order valence-corrected chi connectivity index (χ3v) is 9.50. The first kappa shape index (κ1) is 26.0. The van der Waals surface area contributed by atoms with E-state index in [4.69, 9.17) is 0 Å². The molecule has 4 N–H and O–H groups in total. The second-order valence-electron chi connectivity index (χ2n) is 13.0. The minimum absolute atomic E-state index is 0.0746. The molecule has 0 saturated carbocycles. The van der Waals surface area contributed by atoms with Gasteiger partial charge < -0.3 is 19.9 Å². The van der Waals surface area contributed by atoms with E-state index >= 15 is 0 Å². The van der Waals surface area contributed by atoms with Crippen LogP contribution in [0.15, 0.2) is 72.8 Å². The lowest BCUT2D eigenvalue weighted by Gasteiger charge is -2.31. The van der Waals surface area contributed by atoms with Gasteiger partial charge in [-0.05, 0) is 103 Å². The van der Waals surface area contributed by atoms with Crippen LogP contribution in [0.5, 0.6) is 0 Å². The van der Waals surface area contributed by atoms with Gasteiger partial charge in [0, 0.05) is 73.9 Å². The number of aromatic nitrogens is 4. The SMILES string of the molecule is CC1(C)c2ccc([nH]2)C(C)(C)c2ccc([nH]2)C(C)(c2cccc([N+](=O)[O-])c2)c2ccc([nH]2)C(C)(C)c2ccc1[nH]2. The molecule has 0 unspecified atom stereocenters. The molecule has 0 radical (unpaired) electrons. The largest absolute Gasteiger partial charge is 0.361 e. The smallest absolute Gasteiger partial charge is 0.269 e. The number of fused-ring (bicyclic) bond motifs is 8. The number of nitrogens with one attached hydrogen (secondary N) is 4. The standard InChI is InChI=1S/C33H37N5O2/c1-30(2)22-11-13-24(34-22)31(3,4)26-15-17-28(36-26)33(7,20-9-8-10-21(19-20)38(39)40)29-18-16-27(37-29)32(5,6)25-14-12-23(30)35-25/h8-19,34-37H,1-7H3. The highest BCUT2D eigenvalue weighted by Crippen LogP contribution is 2.43. The number of nitro benzene ring substituents is 1. The Balaban J connectivity index is 1.63. The van der Waals surface area contributed by atoms with Crippen LogP contribution in [0.25, 0.3) is 0 Å². The summed E-state index contributed by atoms with van der Waals surface area (Å²) in [4.78, 5) is 26.4. The zero-order valence-electron chi connectivity index (χ0n) is 24.2. The highest BCUT2D eigenvalue weighted by molar-refractivity contribution is 5.51. The van der Waals surface area contributed by atoms with E-state index in [0.717, 1.165) is 51.1 Å². The molecule has 0 fully saturated rings. The van der Waals surface area contributed by atoms with E-state index in [1.54, 1.807) is 18.2 Å². The van der Waals surface area contributed by atoms with E-state index in [-0.39, 0.29) is 26.9 Å². The summed E-state index contributed by atoms with van der Waals surface area (Å²) in [7, 11) is 0. The van der Waals surface area contributed by atoms with E-state index in [1.807, 2.05) is 6.07 Å². The van der Waals surface area contributed by atoms with Gasteiger partial charge in [0.15, 0.2) is 0 Å². The molecule has 0 spiro atoms. The molecule has 40 heavy (non-hydrogen) atoms. The van der Waals surface area contributed by atoms with Gasteiger partial charge >= 0.3 is 0 Å². The zero-order chi connectivity index (χ0) is 28.7. The van der Waals surface area contributed by atoms with Gasteiger partial charge in [-0.25, -0.2) is 0 Å². The Hall–Kier alpha value is -4.26. The highest BCUT2D eigenvalue weighted by atomic mass is 16.6. The molecule has 7 nitrogen and oxygen atoms in total. The summed E-state index contributed by atoms with van der Waals surface area (Å²) in [6, 6.07) is 24.2. The number of H-pyrrole nitrogens is 4. The van der Waals surface area contributed by atoms with Crippen LogP contribution in [0, 0.1) is 10.1 Å². The van der Waals surface area contributed by atoms with Crippen LogP contribution in [0.2, 0.25) is 0 Å². The minimum atomic E-state index is -0.699. The second-order valence-corrected chi connectivity index (χ2v) is 13.0. The molecule has 5 heterocycles. The Labute approximate surface area is 234 Å². The molecule has 6 rings (SSSR count). The maximum atomic E-state index is 11.7. The summed E-state index contributed by atoms with van der Waals surface area (Å²) >= 11 is 0. The van der Waals surface area contributed by atoms with E-state index in [0.29, 0.717) is 0 Å². The lowest BCUT2D eigenvalue weighted by Crippen LogP contribution is -2.29. The lowest BCUT2D eigenvalue weighted by molar-refractivity contribution is -0.384. The highest BCUT2D eigenvalue weighted by Gasteiger charge is 2.39. The fraction of sp³-hybridized carbons (Fsp3) is 0.333. The van der Waals surface area contributed by atoms with Crippen molar-refractivity contribution in [2.24, 2.45) is 0 Å². The van der Waals surface area contributed by atoms with Crippen molar-refractivity contribution in [1.82, 2.24) is 19.9 Å². The van der Waals surface area contributed by atoms with Crippen molar-refractivity contribution >= 4 is 5.69 Å². The summed E-state index contributed by atoms with van der Waals surface area (Å²) < 4.78 is 0. The van der Waals surface area contributed by atoms with Crippen molar-refractivity contribution in [3.8, 4) is 0 Å². The molecule has 0 atom stereocenters. The van der Waals surface area contributed by atoms with E-state index in [9.17, 15) is 10.1 Å². The molecule has 0 aliphatic carbocycles. The molecule has 1 aliphatic heterocycles. The Morgan fingerprint density at radius 3 is 1.20 bits per heavy atom. The summed E-state index contributed by atoms with van der Waals surface area (Å²) in [6.07, 6.45) is 0. The summed E-state index contributed by atoms with van der Waals surface area (Å²) in [5.41, 5.74) is 7.85. The Morgan fingerprint density at radius 2 is 0.850 bits per heavy atom. The van der Waals surface area contributed by atoms with Crippen LogP contribution in [-0.2, 0) is 21.7 Å². The molecular formula is C33H37N5O2. The van der Waals surface area contributed by atoms with Crippen LogP contribution >= 0.6 is 0 Å². The first-order chi connectivity index (χ1) is 18.8. The molecule has 5 aromatic rings. The Bertz CT molecular complexity index is 1640. The summed E-state index contributed by atoms with van der Waals surface area (Å²) in [5, 5.41) is 11.7. The normalized spacial score (nSPS) is 18.4. The molecule has 206 valence electrons. The van der Waals surface area contributed by atoms with Crippen molar-refractivity contribution in [1.29, 1.82) is 0 Å². The topological polar surface area (TPSA) is 106 Å². The summed E-state index contributed by atoms with van der Waals surface area (Å²) in [5.74, 6) is 0. The molecule has 0 saturated heterocycles. The first-order valence-corrected chi connectivity index (χ1v) is 13.8. The average Bonchev–Trinajstić information content (AvgIpc) is 3.73. The number of nitrogens with zero attached hydrogens (tertiary/aromatic N) is 1. The van der Waals surface area contributed by atoms with Gasteiger partial charge in [0.25, 0.3) is 5.69 Å². The fourth-order valence-corrected chi connectivity index (χ4v) is 6.17. The molecule has 8 bridgehead atoms. The van der Waals surface area contributed by atoms with Crippen LogP contribution < -0.4 is 0 Å². The molecule has 1 aromatic carbocycles. The van der Waals surface area contributed by atoms with Crippen molar-refractivity contribution < 1.29 is 4.92 Å². The van der Waals surface area contributed by atoms with Gasteiger partial charge in [-0.15, -0.1) is 0 Å². The van der Waals surface area contributed by atoms with Crippen molar-refractivity contribution in [2.75, 3.05) is 0 Å². The van der Waals surface area contributed by atoms with Crippen molar-refractivity contribution in [3.63, 3.8) is 0 Å². The van der Waals surface area contributed by atoms with Gasteiger partial charge in [0.05, 0.1) is 10.3 Å². The summed E-state index contributed by atoms with van der Waals surface area (Å²) in [6.45, 7) is 15.4. The minimum Gasteiger partial charge on any atom is -0.361 e. The van der Waals surface area contributed by atoms with Crippen molar-refractivity contribution in [2.45, 2.75) is 70.1 Å². The van der Waals surface area contributed by atoms with Crippen LogP contribution in [0.1, 0.15) is 99.6 Å². The molecule has 1 aliphatic rings. The van der Waals surface area contributed by atoms with Gasteiger partial charge in [-0.1, -0.05) is 12.1 Å². The number of rotatable bonds is 2. The number of aromatic amines is 4. The molecule has 7 heteroatoms. The molecular weight excluding hydrogens is 498 g/mol. The van der Waals surface area contributed by atoms with Gasteiger partial charge in [0.2, 0.25) is 0 Å². The third-order valence-electron chi connectivity index (χ3n) is 9.50. The number of nitro groups is 1. The Morgan fingerprint density at radius 1 is 0.525 bits per heavy atom. The average molecular weight is 536 g/mol. The maximum Gasteiger partial charge on any atom is 0.269 e. The quantitative estimate of drug-likeness (QED) is 0.138. The number of non-ortho nitro benzene ring substituents is 1. The fourth-order valence-electron chi connectivity index (χ4n) is 6.17. The number of hydrogen-bond acceptors (Lipinski definition) is 2. The van der Waals surface area contributed by atoms with Crippen LogP contribution in [0.4, 0.5) is 5.69 Å². The monoisotopic (exact) mass is 535 g/mol. The third kappa shape index (κ3) is 3.64. The zero-order valence-corrected chi connectivity index (χ0v) is 24.2. The Kier molecular flexibility index (Phi) is 5.44. The van der Waals surface area contributed by atoms with E-state index in [1.165, 1.54) is 0 Å². The van der Waals surface area contributed by atoms with E-state index < -0.39 is 5.41 Å². The molecule has 0 amide bonds. The molecule has 4 aromatic heterocycles. The second kappa shape index (κ2) is 8.37. The van der Waals surface area contributed by atoms with Gasteiger partial charge in [-0.2, -0.15) is 0 Å². The predicted octanol–water partition coefficient (Wildman–Crippen LogP) is 7.55. The van der Waals surface area contributed by atoms with Gasteiger partial charge in [0.1, 0.15) is 0 Å². The van der Waals surface area contributed by atoms with Crippen LogP contribution in [0.3, 0.4) is 0 Å². The first-order valence-electron chi connectivity index (χ1n) is 13.8. The number of benzene rings is 1. The lowest BCUT2D eigenvalue weighted by atomic mass is 9.76.